The highest BCUT2D eigenvalue weighted by atomic mass is 14.3. The van der Waals surface area contributed by atoms with Crippen molar-refractivity contribution in [3.8, 4) is 0 Å². The lowest BCUT2D eigenvalue weighted by molar-refractivity contribution is 1.20. The monoisotopic (exact) mass is 222 g/mol. The molecule has 0 aliphatic heterocycles. The van der Waals surface area contributed by atoms with Crippen LogP contribution in [0.1, 0.15) is 41.7 Å². The second kappa shape index (κ2) is 3.46. The Morgan fingerprint density at radius 1 is 1.00 bits per heavy atom. The second-order valence-corrected chi connectivity index (χ2v) is 5.30. The summed E-state index contributed by atoms with van der Waals surface area (Å²) in [6.45, 7) is 8.88. The van der Waals surface area contributed by atoms with Crippen LogP contribution in [0.2, 0.25) is 0 Å². The average Bonchev–Trinajstić information content (AvgIpc) is 2.65. The summed E-state index contributed by atoms with van der Waals surface area (Å²) >= 11 is 0. The van der Waals surface area contributed by atoms with E-state index in [1.54, 1.807) is 0 Å². The smallest absolute Gasteiger partial charge is 0.00737 e. The van der Waals surface area contributed by atoms with Crippen molar-refractivity contribution in [2.24, 2.45) is 0 Å². The lowest BCUT2D eigenvalue weighted by Gasteiger charge is -2.13. The largest absolute Gasteiger partial charge is 0.0719 e. The van der Waals surface area contributed by atoms with E-state index in [-0.39, 0.29) is 0 Å². The topological polar surface area (TPSA) is 0 Å². The van der Waals surface area contributed by atoms with E-state index >= 15 is 0 Å². The zero-order valence-corrected chi connectivity index (χ0v) is 11.0. The summed E-state index contributed by atoms with van der Waals surface area (Å²) in [7, 11) is 0. The van der Waals surface area contributed by atoms with Gasteiger partial charge in [-0.05, 0) is 73.1 Å². The lowest BCUT2D eigenvalue weighted by atomic mass is 9.91. The summed E-state index contributed by atoms with van der Waals surface area (Å²) in [4.78, 5) is 0. The first-order chi connectivity index (χ1) is 8.08. The predicted molar refractivity (Wildman–Crippen MR) is 75.0 cm³/mol. The molecule has 2 aliphatic rings. The first-order valence-electron chi connectivity index (χ1n) is 6.28. The molecule has 0 aromatic heterocycles. The van der Waals surface area contributed by atoms with E-state index in [4.69, 9.17) is 0 Å². The maximum Gasteiger partial charge on any atom is -0.00737 e. The quantitative estimate of drug-likeness (QED) is 0.601. The van der Waals surface area contributed by atoms with E-state index in [0.717, 1.165) is 6.42 Å². The fourth-order valence-corrected chi connectivity index (χ4v) is 3.07. The molecule has 0 N–H and O–H groups in total. The van der Waals surface area contributed by atoms with Gasteiger partial charge in [0.15, 0.2) is 0 Å². The Balaban J connectivity index is 2.39. The van der Waals surface area contributed by atoms with Crippen LogP contribution in [0.4, 0.5) is 0 Å². The van der Waals surface area contributed by atoms with Crippen molar-refractivity contribution in [3.63, 3.8) is 0 Å². The first-order valence-corrected chi connectivity index (χ1v) is 6.28. The van der Waals surface area contributed by atoms with Crippen molar-refractivity contribution < 1.29 is 0 Å². The van der Waals surface area contributed by atoms with E-state index in [2.05, 4.69) is 52.0 Å². The summed E-state index contributed by atoms with van der Waals surface area (Å²) in [5.74, 6) is 0. The molecule has 0 heterocycles. The maximum atomic E-state index is 2.39. The third-order valence-electron chi connectivity index (χ3n) is 4.04. The summed E-state index contributed by atoms with van der Waals surface area (Å²) in [6, 6.07) is 2.34. The van der Waals surface area contributed by atoms with Crippen LogP contribution in [0.3, 0.4) is 0 Å². The van der Waals surface area contributed by atoms with Gasteiger partial charge in [0.05, 0.1) is 0 Å². The maximum absolute atomic E-state index is 2.39. The molecule has 0 unspecified atom stereocenters. The molecule has 0 bridgehead atoms. The van der Waals surface area contributed by atoms with Crippen LogP contribution < -0.4 is 0 Å². The Hall–Kier alpha value is -1.56. The van der Waals surface area contributed by atoms with Gasteiger partial charge in [-0.3, -0.25) is 0 Å². The molecule has 0 atom stereocenters. The Morgan fingerprint density at radius 2 is 1.76 bits per heavy atom. The zero-order chi connectivity index (χ0) is 12.2. The van der Waals surface area contributed by atoms with Crippen molar-refractivity contribution in [3.05, 3.63) is 57.2 Å². The van der Waals surface area contributed by atoms with Gasteiger partial charge in [-0.25, -0.2) is 0 Å². The SMILES string of the molecule is CC1=Cc2cc(C)c(C)c3c2C(=CC3)C(C)=C1. The van der Waals surface area contributed by atoms with Crippen LogP contribution in [0.5, 0.6) is 0 Å². The highest BCUT2D eigenvalue weighted by Gasteiger charge is 2.22. The molecular formula is C17H18. The summed E-state index contributed by atoms with van der Waals surface area (Å²) in [5.41, 5.74) is 11.5. The molecule has 0 nitrogen and oxygen atoms in total. The van der Waals surface area contributed by atoms with Crippen molar-refractivity contribution in [2.45, 2.75) is 34.1 Å². The molecule has 3 rings (SSSR count). The van der Waals surface area contributed by atoms with Crippen molar-refractivity contribution in [1.29, 1.82) is 0 Å². The molecular weight excluding hydrogens is 204 g/mol. The average molecular weight is 222 g/mol. The van der Waals surface area contributed by atoms with E-state index in [1.165, 1.54) is 44.5 Å². The van der Waals surface area contributed by atoms with E-state index in [1.807, 2.05) is 0 Å². The summed E-state index contributed by atoms with van der Waals surface area (Å²) in [5, 5.41) is 0. The minimum Gasteiger partial charge on any atom is -0.0719 e. The first kappa shape index (κ1) is 10.6. The Morgan fingerprint density at radius 3 is 2.53 bits per heavy atom. The number of hydrogen-bond donors (Lipinski definition) is 0. The van der Waals surface area contributed by atoms with Gasteiger partial charge in [-0.1, -0.05) is 29.9 Å². The van der Waals surface area contributed by atoms with Crippen LogP contribution in [0.25, 0.3) is 11.6 Å². The van der Waals surface area contributed by atoms with Crippen LogP contribution in [-0.4, -0.2) is 0 Å². The number of rotatable bonds is 0. The third-order valence-corrected chi connectivity index (χ3v) is 4.04. The van der Waals surface area contributed by atoms with Gasteiger partial charge >= 0.3 is 0 Å². The highest BCUT2D eigenvalue weighted by molar-refractivity contribution is 5.91. The third kappa shape index (κ3) is 1.44. The lowest BCUT2D eigenvalue weighted by Crippen LogP contribution is -1.96. The second-order valence-electron chi connectivity index (χ2n) is 5.30. The van der Waals surface area contributed by atoms with Gasteiger partial charge < -0.3 is 0 Å². The van der Waals surface area contributed by atoms with E-state index in [9.17, 15) is 0 Å². The minimum atomic E-state index is 1.10. The van der Waals surface area contributed by atoms with Crippen LogP contribution >= 0.6 is 0 Å². The Kier molecular flexibility index (Phi) is 2.16. The van der Waals surface area contributed by atoms with Gasteiger partial charge in [0.2, 0.25) is 0 Å². The van der Waals surface area contributed by atoms with Gasteiger partial charge in [0.25, 0.3) is 0 Å². The molecule has 0 fully saturated rings. The van der Waals surface area contributed by atoms with Crippen LogP contribution in [0.15, 0.2) is 29.4 Å². The van der Waals surface area contributed by atoms with Crippen molar-refractivity contribution in [2.75, 3.05) is 0 Å². The summed E-state index contributed by atoms with van der Waals surface area (Å²) in [6.07, 6.45) is 8.11. The van der Waals surface area contributed by atoms with Gasteiger partial charge in [-0.2, -0.15) is 0 Å². The number of allylic oxidation sites excluding steroid dienone is 5. The molecule has 86 valence electrons. The molecule has 0 saturated heterocycles. The van der Waals surface area contributed by atoms with E-state index < -0.39 is 0 Å². The van der Waals surface area contributed by atoms with Gasteiger partial charge in [-0.15, -0.1) is 0 Å². The molecule has 2 aliphatic carbocycles. The predicted octanol–water partition coefficient (Wildman–Crippen LogP) is 4.61. The van der Waals surface area contributed by atoms with E-state index in [0.29, 0.717) is 0 Å². The summed E-state index contributed by atoms with van der Waals surface area (Å²) < 4.78 is 0. The number of hydrogen-bond acceptors (Lipinski definition) is 0. The fraction of sp³-hybridized carbons (Fsp3) is 0.294. The molecule has 0 heteroatoms. The van der Waals surface area contributed by atoms with Gasteiger partial charge in [0.1, 0.15) is 0 Å². The molecule has 0 saturated carbocycles. The number of aryl methyl sites for hydroxylation is 1. The molecule has 0 amide bonds. The molecule has 0 radical (unpaired) electrons. The standard InChI is InChI=1S/C17H18/c1-10-7-12(3)15-5-6-16-13(4)11(2)9-14(8-10)17(15)16/h5,7-9H,6H2,1-4H3. The fourth-order valence-electron chi connectivity index (χ4n) is 3.07. The molecule has 1 aromatic carbocycles. The minimum absolute atomic E-state index is 1.10. The molecule has 1 aromatic rings. The Bertz CT molecular complexity index is 607. The van der Waals surface area contributed by atoms with Crippen molar-refractivity contribution in [1.82, 2.24) is 0 Å². The number of benzene rings is 1. The van der Waals surface area contributed by atoms with Crippen molar-refractivity contribution >= 4 is 11.6 Å². The Labute approximate surface area is 103 Å². The molecule has 0 spiro atoms. The van der Waals surface area contributed by atoms with Crippen LogP contribution in [0, 0.1) is 13.8 Å². The molecule has 17 heavy (non-hydrogen) atoms. The van der Waals surface area contributed by atoms with Crippen LogP contribution in [-0.2, 0) is 6.42 Å². The zero-order valence-electron chi connectivity index (χ0n) is 11.0. The highest BCUT2D eigenvalue weighted by Crippen LogP contribution is 2.40. The van der Waals surface area contributed by atoms with Gasteiger partial charge in [0, 0.05) is 0 Å². The normalized spacial score (nSPS) is 17.1.